The van der Waals surface area contributed by atoms with Gasteiger partial charge in [-0.05, 0) is 17.0 Å². The van der Waals surface area contributed by atoms with Crippen LogP contribution in [0.4, 0.5) is 0 Å². The van der Waals surface area contributed by atoms with Crippen LogP contribution in [0.5, 0.6) is 0 Å². The average molecular weight is 443 g/mol. The van der Waals surface area contributed by atoms with E-state index in [4.69, 9.17) is 13.9 Å². The zero-order valence-corrected chi connectivity index (χ0v) is 18.3. The van der Waals surface area contributed by atoms with Crippen LogP contribution in [0, 0.1) is 0 Å². The van der Waals surface area contributed by atoms with Gasteiger partial charge in [0.05, 0.1) is 31.2 Å². The van der Waals surface area contributed by atoms with E-state index in [0.29, 0.717) is 57.8 Å². The number of rotatable bonds is 9. The second kappa shape index (κ2) is 10.6. The summed E-state index contributed by atoms with van der Waals surface area (Å²) in [5.74, 6) is 1.01. The molecule has 1 fully saturated rings. The fourth-order valence-electron chi connectivity index (χ4n) is 3.60. The SMILES string of the molecule is COCCN(Cc1nnc(-c2cccs2)o1)C(C(=O)N1CCOCC1)c1ccccc1. The maximum Gasteiger partial charge on any atom is 0.257 e. The van der Waals surface area contributed by atoms with E-state index in [2.05, 4.69) is 10.2 Å². The van der Waals surface area contributed by atoms with Gasteiger partial charge in [0.2, 0.25) is 11.8 Å². The monoisotopic (exact) mass is 442 g/mol. The standard InChI is InChI=1S/C22H26N4O4S/c1-28-12-9-26(16-19-23-24-21(30-19)18-8-5-15-31-18)20(17-6-3-2-4-7-17)22(27)25-10-13-29-14-11-25/h2-8,15,20H,9-14,16H2,1H3. The van der Waals surface area contributed by atoms with Gasteiger partial charge in [0.1, 0.15) is 6.04 Å². The third-order valence-corrected chi connectivity index (χ3v) is 6.01. The van der Waals surface area contributed by atoms with Crippen LogP contribution in [0.15, 0.2) is 52.3 Å². The molecule has 0 aliphatic carbocycles. The molecule has 1 amide bonds. The van der Waals surface area contributed by atoms with E-state index in [0.717, 1.165) is 10.4 Å². The van der Waals surface area contributed by atoms with E-state index < -0.39 is 6.04 Å². The maximum atomic E-state index is 13.6. The van der Waals surface area contributed by atoms with Crippen LogP contribution in [-0.2, 0) is 20.8 Å². The number of aromatic nitrogens is 2. The normalized spacial score (nSPS) is 15.4. The third-order valence-electron chi connectivity index (χ3n) is 5.16. The molecule has 9 heteroatoms. The molecule has 8 nitrogen and oxygen atoms in total. The summed E-state index contributed by atoms with van der Waals surface area (Å²) >= 11 is 1.55. The molecule has 0 spiro atoms. The van der Waals surface area contributed by atoms with Crippen LogP contribution in [0.25, 0.3) is 10.8 Å². The Morgan fingerprint density at radius 3 is 2.71 bits per heavy atom. The Morgan fingerprint density at radius 1 is 1.19 bits per heavy atom. The van der Waals surface area contributed by atoms with Gasteiger partial charge in [-0.15, -0.1) is 21.5 Å². The number of morpholine rings is 1. The number of carbonyl (C=O) groups excluding carboxylic acids is 1. The number of ether oxygens (including phenoxy) is 2. The predicted molar refractivity (Wildman–Crippen MR) is 116 cm³/mol. The lowest BCUT2D eigenvalue weighted by Crippen LogP contribution is -2.48. The summed E-state index contributed by atoms with van der Waals surface area (Å²) in [5, 5.41) is 10.4. The summed E-state index contributed by atoms with van der Waals surface area (Å²) < 4.78 is 16.7. The number of hydrogen-bond donors (Lipinski definition) is 0. The van der Waals surface area contributed by atoms with E-state index in [9.17, 15) is 4.79 Å². The summed E-state index contributed by atoms with van der Waals surface area (Å²) in [4.78, 5) is 18.4. The molecule has 1 saturated heterocycles. The van der Waals surface area contributed by atoms with Crippen molar-refractivity contribution >= 4 is 17.2 Å². The number of nitrogens with zero attached hydrogens (tertiary/aromatic N) is 4. The highest BCUT2D eigenvalue weighted by atomic mass is 32.1. The molecule has 3 aromatic rings. The maximum absolute atomic E-state index is 13.6. The fourth-order valence-corrected chi connectivity index (χ4v) is 4.24. The molecule has 1 unspecified atom stereocenters. The average Bonchev–Trinajstić information content (AvgIpc) is 3.51. The van der Waals surface area contributed by atoms with Gasteiger partial charge < -0.3 is 18.8 Å². The van der Waals surface area contributed by atoms with Crippen LogP contribution in [0.2, 0.25) is 0 Å². The van der Waals surface area contributed by atoms with Crippen molar-refractivity contribution in [2.45, 2.75) is 12.6 Å². The summed E-state index contributed by atoms with van der Waals surface area (Å²) in [6.07, 6.45) is 0. The van der Waals surface area contributed by atoms with Crippen LogP contribution in [0.3, 0.4) is 0 Å². The summed E-state index contributed by atoms with van der Waals surface area (Å²) in [7, 11) is 1.65. The molecule has 1 aromatic carbocycles. The van der Waals surface area contributed by atoms with Crippen LogP contribution in [-0.4, -0.2) is 72.5 Å². The van der Waals surface area contributed by atoms with Gasteiger partial charge in [-0.25, -0.2) is 0 Å². The van der Waals surface area contributed by atoms with Crippen LogP contribution < -0.4 is 0 Å². The molecule has 0 bridgehead atoms. The molecule has 1 atom stereocenters. The summed E-state index contributed by atoms with van der Waals surface area (Å²) in [5.41, 5.74) is 0.924. The van der Waals surface area contributed by atoms with Gasteiger partial charge >= 0.3 is 0 Å². The van der Waals surface area contributed by atoms with Crippen molar-refractivity contribution in [3.8, 4) is 10.8 Å². The Morgan fingerprint density at radius 2 is 2.00 bits per heavy atom. The lowest BCUT2D eigenvalue weighted by atomic mass is 10.0. The molecule has 4 rings (SSSR count). The number of amides is 1. The molecule has 0 saturated carbocycles. The highest BCUT2D eigenvalue weighted by molar-refractivity contribution is 7.13. The number of thiophene rings is 1. The van der Waals surface area contributed by atoms with Crippen molar-refractivity contribution in [3.05, 3.63) is 59.3 Å². The third kappa shape index (κ3) is 5.37. The number of hydrogen-bond acceptors (Lipinski definition) is 8. The predicted octanol–water partition coefficient (Wildman–Crippen LogP) is 2.85. The Hall–Kier alpha value is -2.59. The second-order valence-electron chi connectivity index (χ2n) is 7.19. The first kappa shape index (κ1) is 21.6. The highest BCUT2D eigenvalue weighted by Gasteiger charge is 2.33. The van der Waals surface area contributed by atoms with Crippen LogP contribution in [0.1, 0.15) is 17.5 Å². The Kier molecular flexibility index (Phi) is 7.42. The lowest BCUT2D eigenvalue weighted by Gasteiger charge is -2.35. The summed E-state index contributed by atoms with van der Waals surface area (Å²) in [6, 6.07) is 13.2. The number of methoxy groups -OCH3 is 1. The topological polar surface area (TPSA) is 80.9 Å². The molecule has 2 aromatic heterocycles. The van der Waals surface area contributed by atoms with Crippen molar-refractivity contribution in [1.29, 1.82) is 0 Å². The van der Waals surface area contributed by atoms with Gasteiger partial charge in [0, 0.05) is 26.7 Å². The molecule has 0 radical (unpaired) electrons. The minimum Gasteiger partial charge on any atom is -0.419 e. The van der Waals surface area contributed by atoms with Crippen molar-refractivity contribution in [2.24, 2.45) is 0 Å². The van der Waals surface area contributed by atoms with Gasteiger partial charge in [0.15, 0.2) is 0 Å². The zero-order chi connectivity index (χ0) is 21.5. The second-order valence-corrected chi connectivity index (χ2v) is 8.14. The molecule has 1 aliphatic heterocycles. The molecule has 31 heavy (non-hydrogen) atoms. The molecule has 164 valence electrons. The largest absolute Gasteiger partial charge is 0.419 e. The van der Waals surface area contributed by atoms with Crippen molar-refractivity contribution < 1.29 is 18.7 Å². The Balaban J connectivity index is 1.61. The van der Waals surface area contributed by atoms with Gasteiger partial charge in [-0.3, -0.25) is 9.69 Å². The molecule has 1 aliphatic rings. The molecule has 3 heterocycles. The lowest BCUT2D eigenvalue weighted by molar-refractivity contribution is -0.142. The number of carbonyl (C=O) groups is 1. The van der Waals surface area contributed by atoms with Gasteiger partial charge in [-0.2, -0.15) is 0 Å². The quantitative estimate of drug-likeness (QED) is 0.504. The van der Waals surface area contributed by atoms with Crippen molar-refractivity contribution in [3.63, 3.8) is 0 Å². The van der Waals surface area contributed by atoms with Crippen molar-refractivity contribution in [1.82, 2.24) is 20.0 Å². The highest BCUT2D eigenvalue weighted by Crippen LogP contribution is 2.27. The van der Waals surface area contributed by atoms with Gasteiger partial charge in [-0.1, -0.05) is 36.4 Å². The zero-order valence-electron chi connectivity index (χ0n) is 17.5. The number of benzene rings is 1. The first-order valence-corrected chi connectivity index (χ1v) is 11.1. The van der Waals surface area contributed by atoms with Crippen molar-refractivity contribution in [2.75, 3.05) is 46.6 Å². The van der Waals surface area contributed by atoms with E-state index in [1.165, 1.54) is 0 Å². The van der Waals surface area contributed by atoms with E-state index >= 15 is 0 Å². The van der Waals surface area contributed by atoms with E-state index in [1.54, 1.807) is 18.4 Å². The summed E-state index contributed by atoms with van der Waals surface area (Å²) in [6.45, 7) is 3.65. The smallest absolute Gasteiger partial charge is 0.257 e. The van der Waals surface area contributed by atoms with E-state index in [-0.39, 0.29) is 5.91 Å². The minimum absolute atomic E-state index is 0.0450. The molecular formula is C22H26N4O4S. The Bertz CT molecular complexity index is 942. The molecule has 0 N–H and O–H groups in total. The fraction of sp³-hybridized carbons (Fsp3) is 0.409. The van der Waals surface area contributed by atoms with Crippen LogP contribution >= 0.6 is 11.3 Å². The first-order chi connectivity index (χ1) is 15.3. The minimum atomic E-state index is -0.480. The first-order valence-electron chi connectivity index (χ1n) is 10.3. The van der Waals surface area contributed by atoms with E-state index in [1.807, 2.05) is 57.6 Å². The molecular weight excluding hydrogens is 416 g/mol. The van der Waals surface area contributed by atoms with Gasteiger partial charge in [0.25, 0.3) is 5.89 Å². The Labute approximate surface area is 185 Å².